The summed E-state index contributed by atoms with van der Waals surface area (Å²) in [4.78, 5) is 2.37. The Labute approximate surface area is 375 Å². The Hall–Kier alpha value is -7.98. The Morgan fingerprint density at radius 1 is 0.375 bits per heavy atom. The predicted octanol–water partition coefficient (Wildman–Crippen LogP) is 17.1. The summed E-state index contributed by atoms with van der Waals surface area (Å²) in [5.74, 6) is 0. The van der Waals surface area contributed by atoms with Crippen LogP contribution in [0, 0.1) is 0 Å². The number of para-hydroxylation sites is 2. The van der Waals surface area contributed by atoms with E-state index < -0.39 is 5.41 Å². The van der Waals surface area contributed by atoms with Crippen molar-refractivity contribution in [1.29, 1.82) is 0 Å². The van der Waals surface area contributed by atoms with Gasteiger partial charge in [-0.25, -0.2) is 0 Å². The first-order valence-corrected chi connectivity index (χ1v) is 22.7. The summed E-state index contributed by atoms with van der Waals surface area (Å²) in [7, 11) is 0. The molecule has 2 aromatic heterocycles. The Balaban J connectivity index is 0.951. The SMILES string of the molecule is c1ccc(C2(c3ccccc3)c3ccccc3-c3cc(N(c4ccc(-c5ccc(-c6cccc7c6sc6ccccc67)cc5)cc4)c4cccc5c4oc4ccccc45)ccc32)cc1. The number of furan rings is 1. The van der Waals surface area contributed by atoms with Crippen LogP contribution in [0.2, 0.25) is 0 Å². The number of benzene rings is 10. The van der Waals surface area contributed by atoms with E-state index >= 15 is 0 Å². The molecule has 1 aliphatic carbocycles. The minimum Gasteiger partial charge on any atom is -0.454 e. The molecule has 0 radical (unpaired) electrons. The number of fused-ring (bicyclic) bond motifs is 9. The number of nitrogens with zero attached hydrogens (tertiary/aromatic N) is 1. The van der Waals surface area contributed by atoms with E-state index in [4.69, 9.17) is 4.42 Å². The highest BCUT2D eigenvalue weighted by Gasteiger charge is 2.46. The first kappa shape index (κ1) is 36.7. The van der Waals surface area contributed by atoms with E-state index in [1.165, 1.54) is 70.2 Å². The van der Waals surface area contributed by atoms with Crippen LogP contribution in [-0.2, 0) is 5.41 Å². The quantitative estimate of drug-likeness (QED) is 0.159. The summed E-state index contributed by atoms with van der Waals surface area (Å²) in [6, 6.07) is 86.3. The van der Waals surface area contributed by atoms with E-state index in [1.54, 1.807) is 0 Å². The molecule has 300 valence electrons. The summed E-state index contributed by atoms with van der Waals surface area (Å²) >= 11 is 1.88. The maximum Gasteiger partial charge on any atom is 0.159 e. The van der Waals surface area contributed by atoms with Crippen LogP contribution in [0.1, 0.15) is 22.3 Å². The molecule has 0 atom stereocenters. The standard InChI is InChI=1S/C61H39NOS/c1-3-15-43(16-4-1)61(44-17-5-2-6-18-44)54-25-10-7-19-48(54)53-39-46(37-38-55(53)61)62(56-26-14-23-51-49-20-8-11-27-57(49)63-59(51)56)45-35-33-41(34-36-45)40-29-31-42(32-30-40)47-22-13-24-52-50-21-9-12-28-58(50)64-60(47)52/h1-39H. The zero-order chi connectivity index (χ0) is 42.2. The fourth-order valence-electron chi connectivity index (χ4n) is 10.5. The number of hydrogen-bond acceptors (Lipinski definition) is 3. The highest BCUT2D eigenvalue weighted by atomic mass is 32.1. The number of hydrogen-bond donors (Lipinski definition) is 0. The molecule has 0 saturated heterocycles. The van der Waals surface area contributed by atoms with Crippen molar-refractivity contribution >= 4 is 70.5 Å². The summed E-state index contributed by atoms with van der Waals surface area (Å²) in [6.07, 6.45) is 0. The summed E-state index contributed by atoms with van der Waals surface area (Å²) in [5, 5.41) is 4.85. The molecular formula is C61H39NOS. The summed E-state index contributed by atoms with van der Waals surface area (Å²) in [5.41, 5.74) is 16.8. The van der Waals surface area contributed by atoms with Crippen molar-refractivity contribution in [2.45, 2.75) is 5.41 Å². The lowest BCUT2D eigenvalue weighted by Gasteiger charge is -2.34. The third-order valence-corrected chi connectivity index (χ3v) is 14.6. The molecule has 0 spiro atoms. The predicted molar refractivity (Wildman–Crippen MR) is 269 cm³/mol. The van der Waals surface area contributed by atoms with Crippen molar-refractivity contribution in [3.8, 4) is 33.4 Å². The second-order valence-corrected chi connectivity index (χ2v) is 17.8. The molecule has 2 heterocycles. The molecule has 10 aromatic carbocycles. The van der Waals surface area contributed by atoms with Crippen LogP contribution >= 0.6 is 11.3 Å². The zero-order valence-corrected chi connectivity index (χ0v) is 35.6. The molecule has 3 heteroatoms. The number of anilines is 3. The van der Waals surface area contributed by atoms with E-state index in [2.05, 4.69) is 235 Å². The third-order valence-electron chi connectivity index (χ3n) is 13.4. The second-order valence-electron chi connectivity index (χ2n) is 16.7. The van der Waals surface area contributed by atoms with E-state index in [9.17, 15) is 0 Å². The van der Waals surface area contributed by atoms with Crippen molar-refractivity contribution in [2.75, 3.05) is 4.90 Å². The molecule has 0 aliphatic heterocycles. The smallest absolute Gasteiger partial charge is 0.159 e. The maximum absolute atomic E-state index is 6.75. The number of thiophene rings is 1. The van der Waals surface area contributed by atoms with Gasteiger partial charge in [-0.05, 0) is 98.1 Å². The molecule has 0 bridgehead atoms. The normalized spacial score (nSPS) is 12.8. The fourth-order valence-corrected chi connectivity index (χ4v) is 11.8. The topological polar surface area (TPSA) is 16.4 Å². The van der Waals surface area contributed by atoms with E-state index in [1.807, 2.05) is 17.4 Å². The van der Waals surface area contributed by atoms with E-state index in [-0.39, 0.29) is 0 Å². The largest absolute Gasteiger partial charge is 0.454 e. The van der Waals surface area contributed by atoms with Crippen LogP contribution < -0.4 is 4.90 Å². The van der Waals surface area contributed by atoms with E-state index in [0.717, 1.165) is 44.6 Å². The zero-order valence-electron chi connectivity index (χ0n) is 34.8. The molecule has 0 fully saturated rings. The van der Waals surface area contributed by atoms with Gasteiger partial charge in [-0.1, -0.05) is 194 Å². The molecule has 0 amide bonds. The van der Waals surface area contributed by atoms with Crippen LogP contribution in [0.15, 0.2) is 241 Å². The minimum atomic E-state index is -0.474. The first-order valence-electron chi connectivity index (χ1n) is 21.9. The van der Waals surface area contributed by atoms with Crippen molar-refractivity contribution in [2.24, 2.45) is 0 Å². The molecule has 12 aromatic rings. The van der Waals surface area contributed by atoms with Gasteiger partial charge < -0.3 is 9.32 Å². The van der Waals surface area contributed by atoms with Gasteiger partial charge >= 0.3 is 0 Å². The Kier molecular flexibility index (Phi) is 8.34. The maximum atomic E-state index is 6.75. The van der Waals surface area contributed by atoms with Crippen LogP contribution in [0.25, 0.3) is 75.5 Å². The van der Waals surface area contributed by atoms with Gasteiger partial charge in [0.15, 0.2) is 5.58 Å². The summed E-state index contributed by atoms with van der Waals surface area (Å²) in [6.45, 7) is 0. The van der Waals surface area contributed by atoms with Gasteiger partial charge in [0.05, 0.1) is 11.1 Å². The lowest BCUT2D eigenvalue weighted by molar-refractivity contribution is 0.669. The van der Waals surface area contributed by atoms with Gasteiger partial charge in [0, 0.05) is 42.3 Å². The molecule has 2 nitrogen and oxygen atoms in total. The average molecular weight is 834 g/mol. The fraction of sp³-hybridized carbons (Fsp3) is 0.0164. The van der Waals surface area contributed by atoms with E-state index in [0.29, 0.717) is 0 Å². The Bertz CT molecular complexity index is 3670. The van der Waals surface area contributed by atoms with Crippen molar-refractivity contribution in [3.63, 3.8) is 0 Å². The molecule has 1 aliphatic rings. The van der Waals surface area contributed by atoms with Gasteiger partial charge in [-0.3, -0.25) is 0 Å². The Morgan fingerprint density at radius 2 is 0.938 bits per heavy atom. The molecule has 64 heavy (non-hydrogen) atoms. The van der Waals surface area contributed by atoms with Crippen molar-refractivity contribution in [1.82, 2.24) is 0 Å². The molecule has 0 saturated carbocycles. The molecule has 0 unspecified atom stereocenters. The second kappa shape index (κ2) is 14.6. The van der Waals surface area contributed by atoms with Gasteiger partial charge in [-0.2, -0.15) is 0 Å². The monoisotopic (exact) mass is 833 g/mol. The first-order chi connectivity index (χ1) is 31.7. The van der Waals surface area contributed by atoms with Crippen LogP contribution in [0.5, 0.6) is 0 Å². The number of rotatable bonds is 7. The highest BCUT2D eigenvalue weighted by molar-refractivity contribution is 7.26. The lowest BCUT2D eigenvalue weighted by atomic mass is 9.68. The van der Waals surface area contributed by atoms with Crippen LogP contribution in [-0.4, -0.2) is 0 Å². The van der Waals surface area contributed by atoms with Crippen molar-refractivity contribution < 1.29 is 4.42 Å². The van der Waals surface area contributed by atoms with Gasteiger partial charge in [-0.15, -0.1) is 11.3 Å². The molecular weight excluding hydrogens is 795 g/mol. The minimum absolute atomic E-state index is 0.474. The van der Waals surface area contributed by atoms with Gasteiger partial charge in [0.25, 0.3) is 0 Å². The average Bonchev–Trinajstić information content (AvgIpc) is 4.04. The molecule has 13 rings (SSSR count). The Morgan fingerprint density at radius 3 is 1.72 bits per heavy atom. The van der Waals surface area contributed by atoms with Gasteiger partial charge in [0.2, 0.25) is 0 Å². The summed E-state index contributed by atoms with van der Waals surface area (Å²) < 4.78 is 9.41. The third kappa shape index (κ3) is 5.51. The van der Waals surface area contributed by atoms with Gasteiger partial charge in [0.1, 0.15) is 5.58 Å². The van der Waals surface area contributed by atoms with Crippen LogP contribution in [0.3, 0.4) is 0 Å². The van der Waals surface area contributed by atoms with Crippen molar-refractivity contribution in [3.05, 3.63) is 259 Å². The highest BCUT2D eigenvalue weighted by Crippen LogP contribution is 2.57. The molecule has 0 N–H and O–H groups in total. The van der Waals surface area contributed by atoms with Crippen LogP contribution in [0.4, 0.5) is 17.1 Å². The lowest BCUT2D eigenvalue weighted by Crippen LogP contribution is -2.28.